The van der Waals surface area contributed by atoms with E-state index < -0.39 is 0 Å². The number of methoxy groups -OCH3 is 1. The van der Waals surface area contributed by atoms with Crippen LogP contribution in [0.2, 0.25) is 0 Å². The second-order valence-electron chi connectivity index (χ2n) is 7.11. The Bertz CT molecular complexity index is 1130. The number of hydrogen-bond donors (Lipinski definition) is 0. The number of nitrogens with zero attached hydrogens (tertiary/aromatic N) is 3. The average molecular weight is 426 g/mol. The standard InChI is InChI=1S/C23H27N3O3S/c1-5-11-25-16(2)14-19(17(25)3)21(27)15-30-23-24-20-10-7-6-9-18(20)22(28)26(23)12-8-13-29-4/h5-7,9-10,14H,1,8,11-13,15H2,2-4H3. The van der Waals surface area contributed by atoms with Crippen LogP contribution in [0.3, 0.4) is 0 Å². The van der Waals surface area contributed by atoms with Gasteiger partial charge in [0.05, 0.1) is 16.7 Å². The molecule has 3 rings (SSSR count). The summed E-state index contributed by atoms with van der Waals surface area (Å²) in [5, 5.41) is 1.14. The van der Waals surface area contributed by atoms with Crippen LogP contribution in [0.15, 0.2) is 52.9 Å². The molecule has 0 atom stereocenters. The lowest BCUT2D eigenvalue weighted by Gasteiger charge is -2.13. The fraction of sp³-hybridized carbons (Fsp3) is 0.348. The molecule has 0 spiro atoms. The van der Waals surface area contributed by atoms with Crippen LogP contribution in [-0.2, 0) is 17.8 Å². The van der Waals surface area contributed by atoms with Gasteiger partial charge in [-0.3, -0.25) is 14.2 Å². The number of fused-ring (bicyclic) bond motifs is 1. The third-order valence-electron chi connectivity index (χ3n) is 5.07. The number of aryl methyl sites for hydroxylation is 1. The zero-order chi connectivity index (χ0) is 21.7. The number of ether oxygens (including phenoxy) is 1. The van der Waals surface area contributed by atoms with Gasteiger partial charge in [0.1, 0.15) is 0 Å². The second-order valence-corrected chi connectivity index (χ2v) is 8.05. The van der Waals surface area contributed by atoms with E-state index in [4.69, 9.17) is 4.74 Å². The lowest BCUT2D eigenvalue weighted by Crippen LogP contribution is -2.24. The number of carbonyl (C=O) groups is 1. The third-order valence-corrected chi connectivity index (χ3v) is 6.05. The summed E-state index contributed by atoms with van der Waals surface area (Å²) < 4.78 is 8.85. The Morgan fingerprint density at radius 2 is 2.03 bits per heavy atom. The lowest BCUT2D eigenvalue weighted by molar-refractivity contribution is 0.102. The van der Waals surface area contributed by atoms with Gasteiger partial charge in [-0.1, -0.05) is 30.0 Å². The van der Waals surface area contributed by atoms with Gasteiger partial charge in [0.2, 0.25) is 0 Å². The minimum Gasteiger partial charge on any atom is -0.385 e. The number of carbonyl (C=O) groups excluding carboxylic acids is 1. The third kappa shape index (κ3) is 4.57. The molecule has 0 N–H and O–H groups in total. The molecular weight excluding hydrogens is 398 g/mol. The summed E-state index contributed by atoms with van der Waals surface area (Å²) in [4.78, 5) is 30.6. The van der Waals surface area contributed by atoms with Crippen LogP contribution in [0.1, 0.15) is 28.2 Å². The first kappa shape index (κ1) is 22.1. The number of rotatable bonds is 10. The van der Waals surface area contributed by atoms with E-state index in [1.54, 1.807) is 17.7 Å². The van der Waals surface area contributed by atoms with Crippen molar-refractivity contribution in [1.29, 1.82) is 0 Å². The molecule has 0 amide bonds. The largest absolute Gasteiger partial charge is 0.385 e. The van der Waals surface area contributed by atoms with Crippen molar-refractivity contribution in [3.05, 3.63) is 70.3 Å². The molecule has 0 saturated carbocycles. The molecule has 0 aliphatic carbocycles. The zero-order valence-corrected chi connectivity index (χ0v) is 18.5. The monoisotopic (exact) mass is 425 g/mol. The maximum Gasteiger partial charge on any atom is 0.262 e. The van der Waals surface area contributed by atoms with Crippen molar-refractivity contribution in [2.75, 3.05) is 19.5 Å². The topological polar surface area (TPSA) is 66.1 Å². The highest BCUT2D eigenvalue weighted by molar-refractivity contribution is 7.99. The minimum absolute atomic E-state index is 0.0225. The van der Waals surface area contributed by atoms with Crippen molar-refractivity contribution in [2.45, 2.75) is 38.5 Å². The number of benzene rings is 1. The molecule has 0 radical (unpaired) electrons. The Morgan fingerprint density at radius 1 is 1.27 bits per heavy atom. The van der Waals surface area contributed by atoms with Gasteiger partial charge in [-0.05, 0) is 38.5 Å². The van der Waals surface area contributed by atoms with Crippen LogP contribution < -0.4 is 5.56 Å². The maximum absolute atomic E-state index is 13.0. The molecule has 0 fully saturated rings. The van der Waals surface area contributed by atoms with Gasteiger partial charge in [-0.15, -0.1) is 6.58 Å². The summed E-state index contributed by atoms with van der Waals surface area (Å²) in [5.41, 5.74) is 3.22. The van der Waals surface area contributed by atoms with Gasteiger partial charge in [0.25, 0.3) is 5.56 Å². The SMILES string of the molecule is C=CCn1c(C)cc(C(=O)CSc2nc3ccccc3c(=O)n2CCCOC)c1C. The molecule has 7 heteroatoms. The fourth-order valence-electron chi connectivity index (χ4n) is 3.52. The first-order valence-corrected chi connectivity index (χ1v) is 10.9. The van der Waals surface area contributed by atoms with Crippen LogP contribution in [0.25, 0.3) is 10.9 Å². The van der Waals surface area contributed by atoms with Crippen molar-refractivity contribution in [2.24, 2.45) is 0 Å². The molecule has 0 saturated heterocycles. The van der Waals surface area contributed by atoms with Gasteiger partial charge in [-0.2, -0.15) is 0 Å². The van der Waals surface area contributed by atoms with Crippen molar-refractivity contribution in [3.8, 4) is 0 Å². The van der Waals surface area contributed by atoms with E-state index in [1.807, 2.05) is 44.2 Å². The van der Waals surface area contributed by atoms with Crippen molar-refractivity contribution in [1.82, 2.24) is 14.1 Å². The molecule has 6 nitrogen and oxygen atoms in total. The van der Waals surface area contributed by atoms with E-state index in [1.165, 1.54) is 11.8 Å². The summed E-state index contributed by atoms with van der Waals surface area (Å²) in [6, 6.07) is 9.22. The van der Waals surface area contributed by atoms with Crippen LogP contribution in [0.4, 0.5) is 0 Å². The summed E-state index contributed by atoms with van der Waals surface area (Å²) in [5.74, 6) is 0.238. The number of Topliss-reactive ketones (excluding diaryl/α,β-unsaturated/α-hetero) is 1. The van der Waals surface area contributed by atoms with Gasteiger partial charge < -0.3 is 9.30 Å². The number of para-hydroxylation sites is 1. The van der Waals surface area contributed by atoms with Gasteiger partial charge in [-0.25, -0.2) is 4.98 Å². The molecule has 0 unspecified atom stereocenters. The predicted octanol–water partition coefficient (Wildman–Crippen LogP) is 4.01. The highest BCUT2D eigenvalue weighted by Crippen LogP contribution is 2.22. The normalized spacial score (nSPS) is 11.2. The summed E-state index contributed by atoms with van der Waals surface area (Å²) >= 11 is 1.31. The molecule has 158 valence electrons. The molecule has 3 aromatic rings. The smallest absolute Gasteiger partial charge is 0.262 e. The quantitative estimate of drug-likeness (QED) is 0.161. The lowest BCUT2D eigenvalue weighted by atomic mass is 10.2. The van der Waals surface area contributed by atoms with Crippen LogP contribution in [0, 0.1) is 13.8 Å². The van der Waals surface area contributed by atoms with E-state index in [0.717, 1.165) is 11.4 Å². The molecule has 1 aromatic carbocycles. The average Bonchev–Trinajstić information content (AvgIpc) is 3.02. The molecule has 0 bridgehead atoms. The second kappa shape index (κ2) is 9.91. The molecule has 2 aromatic heterocycles. The van der Waals surface area contributed by atoms with E-state index in [-0.39, 0.29) is 17.1 Å². The first-order valence-electron chi connectivity index (χ1n) is 9.90. The Labute approximate surface area is 180 Å². The fourth-order valence-corrected chi connectivity index (χ4v) is 4.43. The Kier molecular flexibility index (Phi) is 7.29. The summed E-state index contributed by atoms with van der Waals surface area (Å²) in [6.45, 7) is 9.43. The Hall–Kier alpha value is -2.64. The van der Waals surface area contributed by atoms with Crippen molar-refractivity contribution >= 4 is 28.4 Å². The van der Waals surface area contributed by atoms with E-state index >= 15 is 0 Å². The predicted molar refractivity (Wildman–Crippen MR) is 122 cm³/mol. The Balaban J connectivity index is 1.88. The van der Waals surface area contributed by atoms with Crippen molar-refractivity contribution in [3.63, 3.8) is 0 Å². The summed E-state index contributed by atoms with van der Waals surface area (Å²) in [6.07, 6.45) is 2.52. The van der Waals surface area contributed by atoms with Crippen LogP contribution in [0.5, 0.6) is 0 Å². The van der Waals surface area contributed by atoms with Crippen LogP contribution >= 0.6 is 11.8 Å². The van der Waals surface area contributed by atoms with Gasteiger partial charge in [0, 0.05) is 43.8 Å². The van der Waals surface area contributed by atoms with Crippen LogP contribution in [-0.4, -0.2) is 39.4 Å². The van der Waals surface area contributed by atoms with Crippen molar-refractivity contribution < 1.29 is 9.53 Å². The van der Waals surface area contributed by atoms with E-state index in [9.17, 15) is 9.59 Å². The highest BCUT2D eigenvalue weighted by atomic mass is 32.2. The highest BCUT2D eigenvalue weighted by Gasteiger charge is 2.18. The summed E-state index contributed by atoms with van der Waals surface area (Å²) in [7, 11) is 1.64. The number of thioether (sulfide) groups is 1. The minimum atomic E-state index is -0.0872. The molecule has 2 heterocycles. The zero-order valence-electron chi connectivity index (χ0n) is 17.7. The molecular formula is C23H27N3O3S. The van der Waals surface area contributed by atoms with Gasteiger partial charge >= 0.3 is 0 Å². The van der Waals surface area contributed by atoms with Gasteiger partial charge in [0.15, 0.2) is 10.9 Å². The Morgan fingerprint density at radius 3 is 2.77 bits per heavy atom. The molecule has 30 heavy (non-hydrogen) atoms. The van der Waals surface area contributed by atoms with E-state index in [2.05, 4.69) is 16.1 Å². The number of allylic oxidation sites excluding steroid dienone is 1. The number of hydrogen-bond acceptors (Lipinski definition) is 5. The molecule has 0 aliphatic rings. The first-order chi connectivity index (χ1) is 14.5. The number of aromatic nitrogens is 3. The van der Waals surface area contributed by atoms with E-state index in [0.29, 0.717) is 47.7 Å². The number of ketones is 1. The maximum atomic E-state index is 13.0. The molecule has 0 aliphatic heterocycles.